The predicted octanol–water partition coefficient (Wildman–Crippen LogP) is 3.20. The van der Waals surface area contributed by atoms with E-state index in [1.165, 1.54) is 0 Å². The summed E-state index contributed by atoms with van der Waals surface area (Å²) in [5, 5.41) is 10.3. The van der Waals surface area contributed by atoms with Crippen molar-refractivity contribution in [3.8, 4) is 0 Å². The molecule has 1 atom stereocenters. The second kappa shape index (κ2) is 8.24. The van der Waals surface area contributed by atoms with Gasteiger partial charge < -0.3 is 10.2 Å². The molecule has 0 spiro atoms. The fourth-order valence-electron chi connectivity index (χ4n) is 3.38. The fraction of sp³-hybridized carbons (Fsp3) is 0.450. The zero-order valence-corrected chi connectivity index (χ0v) is 16.1. The molecule has 0 radical (unpaired) electrons. The van der Waals surface area contributed by atoms with Crippen LogP contribution in [0.5, 0.6) is 0 Å². The zero-order chi connectivity index (χ0) is 19.4. The number of aromatic nitrogens is 2. The van der Waals surface area contributed by atoms with Gasteiger partial charge in [-0.25, -0.2) is 9.48 Å². The average Bonchev–Trinajstić information content (AvgIpc) is 3.02. The van der Waals surface area contributed by atoms with Gasteiger partial charge in [-0.1, -0.05) is 18.2 Å². The molecule has 27 heavy (non-hydrogen) atoms. The normalized spacial score (nSPS) is 17.0. The molecular weight excluding hydrogens is 342 g/mol. The highest BCUT2D eigenvalue weighted by atomic mass is 16.2. The third-order valence-corrected chi connectivity index (χ3v) is 4.65. The maximum Gasteiger partial charge on any atom is 0.320 e. The Balaban J connectivity index is 1.59. The number of nitrogens with zero attached hydrogens (tertiary/aromatic N) is 3. The lowest BCUT2D eigenvalue weighted by atomic mass is 10.0. The molecule has 7 nitrogen and oxygen atoms in total. The molecule has 2 aromatic rings. The number of aryl methyl sites for hydroxylation is 1. The van der Waals surface area contributed by atoms with Gasteiger partial charge in [0.1, 0.15) is 5.82 Å². The van der Waals surface area contributed by atoms with Crippen molar-refractivity contribution in [3.63, 3.8) is 0 Å². The molecular formula is C20H27N5O2. The summed E-state index contributed by atoms with van der Waals surface area (Å²) in [4.78, 5) is 26.9. The second-order valence-electron chi connectivity index (χ2n) is 7.26. The van der Waals surface area contributed by atoms with E-state index in [9.17, 15) is 9.59 Å². The molecule has 1 aliphatic rings. The molecule has 3 amide bonds. The van der Waals surface area contributed by atoms with Crippen molar-refractivity contribution in [2.75, 3.05) is 18.4 Å². The van der Waals surface area contributed by atoms with Crippen LogP contribution in [0, 0.1) is 6.92 Å². The smallest absolute Gasteiger partial charge is 0.320 e. The molecule has 1 aromatic carbocycles. The minimum atomic E-state index is -0.268. The molecule has 1 saturated heterocycles. The van der Waals surface area contributed by atoms with E-state index in [1.54, 1.807) is 4.68 Å². The Kier molecular flexibility index (Phi) is 5.78. The Labute approximate surface area is 159 Å². The van der Waals surface area contributed by atoms with Crippen molar-refractivity contribution in [1.82, 2.24) is 20.0 Å². The molecule has 7 heteroatoms. The Bertz CT molecular complexity index is 800. The minimum absolute atomic E-state index is 0.0102. The molecule has 0 unspecified atom stereocenters. The van der Waals surface area contributed by atoms with Crippen molar-refractivity contribution >= 4 is 17.8 Å². The largest absolute Gasteiger partial charge is 0.337 e. The van der Waals surface area contributed by atoms with Crippen LogP contribution in [-0.2, 0) is 0 Å². The van der Waals surface area contributed by atoms with Crippen molar-refractivity contribution in [3.05, 3.63) is 47.7 Å². The molecule has 0 saturated carbocycles. The number of hydrogen-bond acceptors (Lipinski definition) is 3. The molecule has 0 aliphatic carbocycles. The number of anilines is 1. The maximum atomic E-state index is 12.6. The molecule has 0 bridgehead atoms. The number of amides is 3. The van der Waals surface area contributed by atoms with E-state index in [0.717, 1.165) is 18.5 Å². The third kappa shape index (κ3) is 4.67. The van der Waals surface area contributed by atoms with Crippen LogP contribution >= 0.6 is 0 Å². The molecule has 2 heterocycles. The van der Waals surface area contributed by atoms with Gasteiger partial charge in [0.2, 0.25) is 0 Å². The van der Waals surface area contributed by atoms with Gasteiger partial charge in [-0.3, -0.25) is 10.1 Å². The summed E-state index contributed by atoms with van der Waals surface area (Å²) < 4.78 is 1.79. The molecule has 2 N–H and O–H groups in total. The minimum Gasteiger partial charge on any atom is -0.337 e. The highest BCUT2D eigenvalue weighted by molar-refractivity contribution is 5.94. The van der Waals surface area contributed by atoms with Gasteiger partial charge in [0, 0.05) is 36.8 Å². The SMILES string of the molecule is Cc1cc(NC(=O)N[C@@H]2CCCN(C(=O)c3ccccc3)C2)n(C(C)C)n1. The van der Waals surface area contributed by atoms with Crippen molar-refractivity contribution in [2.45, 2.75) is 45.7 Å². The molecule has 3 rings (SSSR count). The standard InChI is InChI=1S/C20H27N5O2/c1-14(2)25-18(12-15(3)23-25)22-20(27)21-17-10-7-11-24(13-17)19(26)16-8-5-4-6-9-16/h4-6,8-9,12,14,17H,7,10-11,13H2,1-3H3,(H2,21,22,27)/t17-/m1/s1. The van der Waals surface area contributed by atoms with Crippen LogP contribution in [0.1, 0.15) is 48.8 Å². The first kappa shape index (κ1) is 18.9. The average molecular weight is 369 g/mol. The van der Waals surface area contributed by atoms with E-state index in [-0.39, 0.29) is 24.0 Å². The second-order valence-corrected chi connectivity index (χ2v) is 7.26. The van der Waals surface area contributed by atoms with E-state index < -0.39 is 0 Å². The molecule has 144 valence electrons. The fourth-order valence-corrected chi connectivity index (χ4v) is 3.38. The quantitative estimate of drug-likeness (QED) is 0.869. The highest BCUT2D eigenvalue weighted by Gasteiger charge is 2.25. The Morgan fingerprint density at radius 3 is 2.67 bits per heavy atom. The van der Waals surface area contributed by atoms with Gasteiger partial charge in [-0.2, -0.15) is 5.10 Å². The van der Waals surface area contributed by atoms with E-state index in [2.05, 4.69) is 15.7 Å². The number of rotatable bonds is 4. The van der Waals surface area contributed by atoms with Crippen LogP contribution < -0.4 is 10.6 Å². The summed E-state index contributed by atoms with van der Waals surface area (Å²) in [7, 11) is 0. The van der Waals surface area contributed by atoms with Crippen LogP contribution in [0.3, 0.4) is 0 Å². The number of benzene rings is 1. The molecule has 1 aliphatic heterocycles. The van der Waals surface area contributed by atoms with Gasteiger partial charge in [-0.15, -0.1) is 0 Å². The summed E-state index contributed by atoms with van der Waals surface area (Å²) in [5.41, 5.74) is 1.54. The van der Waals surface area contributed by atoms with Crippen molar-refractivity contribution in [2.24, 2.45) is 0 Å². The van der Waals surface area contributed by atoms with Gasteiger partial charge in [0.15, 0.2) is 0 Å². The highest BCUT2D eigenvalue weighted by Crippen LogP contribution is 2.17. The first-order valence-corrected chi connectivity index (χ1v) is 9.42. The number of likely N-dealkylation sites (tertiary alicyclic amines) is 1. The summed E-state index contributed by atoms with van der Waals surface area (Å²) in [5.74, 6) is 0.684. The maximum absolute atomic E-state index is 12.6. The lowest BCUT2D eigenvalue weighted by Gasteiger charge is -2.33. The van der Waals surface area contributed by atoms with Crippen LogP contribution in [-0.4, -0.2) is 45.8 Å². The first-order chi connectivity index (χ1) is 12.9. The Morgan fingerprint density at radius 1 is 1.22 bits per heavy atom. The topological polar surface area (TPSA) is 79.3 Å². The van der Waals surface area contributed by atoms with Gasteiger partial charge >= 0.3 is 6.03 Å². The summed E-state index contributed by atoms with van der Waals surface area (Å²) >= 11 is 0. The van der Waals surface area contributed by atoms with E-state index >= 15 is 0 Å². The van der Waals surface area contributed by atoms with Gasteiger partial charge in [0.05, 0.1) is 5.69 Å². The number of carbonyl (C=O) groups is 2. The van der Waals surface area contributed by atoms with E-state index in [0.29, 0.717) is 24.5 Å². The number of nitrogens with one attached hydrogen (secondary N) is 2. The summed E-state index contributed by atoms with van der Waals surface area (Å²) in [6, 6.07) is 10.9. The number of piperidine rings is 1. The van der Waals surface area contributed by atoms with E-state index in [1.807, 2.05) is 62.1 Å². The molecule has 1 aromatic heterocycles. The lowest BCUT2D eigenvalue weighted by molar-refractivity contribution is 0.0698. The van der Waals surface area contributed by atoms with Crippen LogP contribution in [0.2, 0.25) is 0 Å². The van der Waals surface area contributed by atoms with Crippen molar-refractivity contribution in [1.29, 1.82) is 0 Å². The predicted molar refractivity (Wildman–Crippen MR) is 105 cm³/mol. The van der Waals surface area contributed by atoms with Gasteiger partial charge in [-0.05, 0) is 45.7 Å². The van der Waals surface area contributed by atoms with Crippen molar-refractivity contribution < 1.29 is 9.59 Å². The van der Waals surface area contributed by atoms with Gasteiger partial charge in [0.25, 0.3) is 5.91 Å². The number of carbonyl (C=O) groups excluding carboxylic acids is 2. The monoisotopic (exact) mass is 369 g/mol. The first-order valence-electron chi connectivity index (χ1n) is 9.42. The van der Waals surface area contributed by atoms with Crippen LogP contribution in [0.15, 0.2) is 36.4 Å². The number of urea groups is 1. The number of hydrogen-bond donors (Lipinski definition) is 2. The lowest BCUT2D eigenvalue weighted by Crippen LogP contribution is -2.50. The summed E-state index contributed by atoms with van der Waals surface area (Å²) in [6.07, 6.45) is 1.72. The van der Waals surface area contributed by atoms with Crippen LogP contribution in [0.25, 0.3) is 0 Å². The van der Waals surface area contributed by atoms with Crippen LogP contribution in [0.4, 0.5) is 10.6 Å². The van der Waals surface area contributed by atoms with E-state index in [4.69, 9.17) is 0 Å². The third-order valence-electron chi connectivity index (χ3n) is 4.65. The zero-order valence-electron chi connectivity index (χ0n) is 16.1. The molecule has 1 fully saturated rings. The Morgan fingerprint density at radius 2 is 1.96 bits per heavy atom. The Hall–Kier alpha value is -2.83. The summed E-state index contributed by atoms with van der Waals surface area (Å²) in [6.45, 7) is 7.17.